The van der Waals surface area contributed by atoms with Crippen molar-refractivity contribution in [2.45, 2.75) is 6.18 Å². The molecule has 0 saturated heterocycles. The van der Waals surface area contributed by atoms with Crippen molar-refractivity contribution in [2.75, 3.05) is 0 Å². The van der Waals surface area contributed by atoms with Gasteiger partial charge in [-0.05, 0) is 18.2 Å². The maximum Gasteiger partial charge on any atom is 0.416 e. The van der Waals surface area contributed by atoms with Crippen LogP contribution in [-0.2, 0) is 6.18 Å². The van der Waals surface area contributed by atoms with E-state index in [1.165, 1.54) is 23.1 Å². The zero-order chi connectivity index (χ0) is 15.0. The van der Waals surface area contributed by atoms with Crippen molar-refractivity contribution in [1.82, 2.24) is 14.8 Å². The monoisotopic (exact) mass is 287 g/mol. The zero-order valence-electron chi connectivity index (χ0n) is 10.6. The van der Waals surface area contributed by atoms with Crippen LogP contribution in [0, 0.1) is 12.3 Å². The Hall–Kier alpha value is -2.81. The van der Waals surface area contributed by atoms with Crippen LogP contribution in [0.25, 0.3) is 16.6 Å². The fourth-order valence-corrected chi connectivity index (χ4v) is 2.04. The summed E-state index contributed by atoms with van der Waals surface area (Å²) in [6, 6.07) is 5.10. The Kier molecular flexibility index (Phi) is 2.91. The van der Waals surface area contributed by atoms with Gasteiger partial charge in [0, 0.05) is 17.8 Å². The molecule has 1 aromatic carbocycles. The Morgan fingerprint density at radius 2 is 2.00 bits per heavy atom. The molecule has 6 heteroatoms. The molecule has 0 aliphatic carbocycles. The van der Waals surface area contributed by atoms with Crippen molar-refractivity contribution < 1.29 is 13.2 Å². The first-order chi connectivity index (χ1) is 9.99. The third-order valence-electron chi connectivity index (χ3n) is 3.04. The molecule has 104 valence electrons. The van der Waals surface area contributed by atoms with Gasteiger partial charge in [0.2, 0.25) is 0 Å². The van der Waals surface area contributed by atoms with Gasteiger partial charge in [0.25, 0.3) is 0 Å². The maximum absolute atomic E-state index is 12.7. The molecule has 3 rings (SSSR count). The number of hydrogen-bond donors (Lipinski definition) is 0. The Bertz CT molecular complexity index is 856. The van der Waals surface area contributed by atoms with Crippen LogP contribution in [0.1, 0.15) is 11.1 Å². The quantitative estimate of drug-likeness (QED) is 0.642. The summed E-state index contributed by atoms with van der Waals surface area (Å²) in [5.41, 5.74) is 0.728. The van der Waals surface area contributed by atoms with Crippen molar-refractivity contribution >= 4 is 10.9 Å². The first-order valence-electron chi connectivity index (χ1n) is 5.96. The van der Waals surface area contributed by atoms with E-state index in [0.29, 0.717) is 16.6 Å². The summed E-state index contributed by atoms with van der Waals surface area (Å²) in [7, 11) is 0. The number of terminal acetylenes is 1. The van der Waals surface area contributed by atoms with E-state index in [-0.39, 0.29) is 5.52 Å². The normalized spacial score (nSPS) is 11.5. The van der Waals surface area contributed by atoms with E-state index in [9.17, 15) is 13.2 Å². The maximum atomic E-state index is 12.7. The third-order valence-corrected chi connectivity index (χ3v) is 3.04. The number of halogens is 3. The lowest BCUT2D eigenvalue weighted by molar-refractivity contribution is -0.137. The molecule has 0 saturated carbocycles. The van der Waals surface area contributed by atoms with Crippen LogP contribution in [-0.4, -0.2) is 14.8 Å². The molecule has 0 aliphatic heterocycles. The molecular formula is C15H8F3N3. The first-order valence-corrected chi connectivity index (χ1v) is 5.96. The average Bonchev–Trinajstić information content (AvgIpc) is 2.94. The van der Waals surface area contributed by atoms with E-state index >= 15 is 0 Å². The Balaban J connectivity index is 2.19. The SMILES string of the molecule is C#Cc1cnn(-c2ccnc3cc(C(F)(F)F)ccc23)c1. The molecule has 0 atom stereocenters. The van der Waals surface area contributed by atoms with E-state index in [1.807, 2.05) is 0 Å². The fourth-order valence-electron chi connectivity index (χ4n) is 2.04. The van der Waals surface area contributed by atoms with Crippen LogP contribution in [0.4, 0.5) is 13.2 Å². The van der Waals surface area contributed by atoms with Crippen LogP contribution < -0.4 is 0 Å². The number of pyridine rings is 1. The molecule has 0 amide bonds. The second-order valence-electron chi connectivity index (χ2n) is 4.38. The van der Waals surface area contributed by atoms with Gasteiger partial charge in [-0.1, -0.05) is 12.0 Å². The summed E-state index contributed by atoms with van der Waals surface area (Å²) >= 11 is 0. The molecule has 3 nitrogen and oxygen atoms in total. The summed E-state index contributed by atoms with van der Waals surface area (Å²) in [5.74, 6) is 2.45. The molecule has 2 heterocycles. The number of aromatic nitrogens is 3. The first kappa shape index (κ1) is 13.2. The molecule has 0 radical (unpaired) electrons. The highest BCUT2D eigenvalue weighted by atomic mass is 19.4. The number of benzene rings is 1. The number of rotatable bonds is 1. The molecular weight excluding hydrogens is 279 g/mol. The highest BCUT2D eigenvalue weighted by Gasteiger charge is 2.30. The van der Waals surface area contributed by atoms with Gasteiger partial charge in [-0.25, -0.2) is 4.68 Å². The third kappa shape index (κ3) is 2.34. The van der Waals surface area contributed by atoms with Crippen LogP contribution in [0.3, 0.4) is 0 Å². The predicted octanol–water partition coefficient (Wildman–Crippen LogP) is 3.42. The smallest absolute Gasteiger partial charge is 0.256 e. The van der Waals surface area contributed by atoms with E-state index in [2.05, 4.69) is 16.0 Å². The second kappa shape index (κ2) is 4.63. The van der Waals surface area contributed by atoms with Crippen LogP contribution in [0.2, 0.25) is 0 Å². The predicted molar refractivity (Wildman–Crippen MR) is 71.8 cm³/mol. The lowest BCUT2D eigenvalue weighted by Gasteiger charge is -2.09. The van der Waals surface area contributed by atoms with Gasteiger partial charge in [-0.15, -0.1) is 6.42 Å². The van der Waals surface area contributed by atoms with Gasteiger partial charge in [0.15, 0.2) is 0 Å². The van der Waals surface area contributed by atoms with Gasteiger partial charge in [0.1, 0.15) is 0 Å². The minimum atomic E-state index is -4.39. The standard InChI is InChI=1S/C15H8F3N3/c1-2-10-8-20-21(9-10)14-5-6-19-13-7-11(15(16,17)18)3-4-12(13)14/h1,3-9H. The molecule has 0 N–H and O–H groups in total. The van der Waals surface area contributed by atoms with Gasteiger partial charge in [-0.2, -0.15) is 18.3 Å². The Morgan fingerprint density at radius 3 is 2.67 bits per heavy atom. The number of fused-ring (bicyclic) bond motifs is 1. The van der Waals surface area contributed by atoms with Crippen molar-refractivity contribution in [2.24, 2.45) is 0 Å². The van der Waals surface area contributed by atoms with Gasteiger partial charge in [-0.3, -0.25) is 4.98 Å². The van der Waals surface area contributed by atoms with Crippen molar-refractivity contribution in [3.05, 3.63) is 54.0 Å². The summed E-state index contributed by atoms with van der Waals surface area (Å²) in [6.07, 6.45) is 5.47. The molecule has 3 aromatic rings. The van der Waals surface area contributed by atoms with Gasteiger partial charge in [0.05, 0.1) is 28.5 Å². The molecule has 0 aliphatic rings. The van der Waals surface area contributed by atoms with E-state index in [1.54, 1.807) is 12.3 Å². The highest BCUT2D eigenvalue weighted by Crippen LogP contribution is 2.32. The highest BCUT2D eigenvalue weighted by molar-refractivity contribution is 5.87. The minimum absolute atomic E-state index is 0.250. The topological polar surface area (TPSA) is 30.7 Å². The van der Waals surface area contributed by atoms with E-state index in [4.69, 9.17) is 6.42 Å². The van der Waals surface area contributed by atoms with Crippen molar-refractivity contribution in [3.8, 4) is 18.0 Å². The lowest BCUT2D eigenvalue weighted by Crippen LogP contribution is -2.05. The summed E-state index contributed by atoms with van der Waals surface area (Å²) in [4.78, 5) is 3.99. The van der Waals surface area contributed by atoms with Crippen LogP contribution in [0.5, 0.6) is 0 Å². The zero-order valence-corrected chi connectivity index (χ0v) is 10.6. The molecule has 0 unspecified atom stereocenters. The van der Waals surface area contributed by atoms with Crippen molar-refractivity contribution in [1.29, 1.82) is 0 Å². The summed E-state index contributed by atoms with van der Waals surface area (Å²) in [5, 5.41) is 4.67. The van der Waals surface area contributed by atoms with E-state index in [0.717, 1.165) is 12.1 Å². The van der Waals surface area contributed by atoms with Crippen molar-refractivity contribution in [3.63, 3.8) is 0 Å². The average molecular weight is 287 g/mol. The van der Waals surface area contributed by atoms with E-state index < -0.39 is 11.7 Å². The Morgan fingerprint density at radius 1 is 1.19 bits per heavy atom. The molecule has 21 heavy (non-hydrogen) atoms. The number of alkyl halides is 3. The van der Waals surface area contributed by atoms with Crippen LogP contribution >= 0.6 is 0 Å². The fraction of sp³-hybridized carbons (Fsp3) is 0.0667. The minimum Gasteiger partial charge on any atom is -0.256 e. The summed E-state index contributed by atoms with van der Waals surface area (Å²) in [6.45, 7) is 0. The molecule has 0 spiro atoms. The second-order valence-corrected chi connectivity index (χ2v) is 4.38. The van der Waals surface area contributed by atoms with Gasteiger partial charge >= 0.3 is 6.18 Å². The van der Waals surface area contributed by atoms with Gasteiger partial charge < -0.3 is 0 Å². The number of nitrogens with zero attached hydrogens (tertiary/aromatic N) is 3. The van der Waals surface area contributed by atoms with Crippen LogP contribution in [0.15, 0.2) is 42.9 Å². The molecule has 0 fully saturated rings. The largest absolute Gasteiger partial charge is 0.416 e. The summed E-state index contributed by atoms with van der Waals surface area (Å²) < 4.78 is 39.7. The molecule has 2 aromatic heterocycles. The molecule has 0 bridgehead atoms. The Labute approximate surface area is 118 Å². The lowest BCUT2D eigenvalue weighted by atomic mass is 10.1. The number of hydrogen-bond acceptors (Lipinski definition) is 2.